The Hall–Kier alpha value is -0.450. The summed E-state index contributed by atoms with van der Waals surface area (Å²) in [4.78, 5) is 4.16. The lowest BCUT2D eigenvalue weighted by Gasteiger charge is -2.21. The molecular formula is C11H19NO2S. The quantitative estimate of drug-likeness (QED) is 0.779. The van der Waals surface area contributed by atoms with Crippen LogP contribution in [0.25, 0.3) is 0 Å². The fourth-order valence-electron chi connectivity index (χ4n) is 1.55. The molecule has 3 nitrogen and oxygen atoms in total. The van der Waals surface area contributed by atoms with Crippen LogP contribution in [-0.4, -0.2) is 28.9 Å². The Kier molecular flexibility index (Phi) is 5.83. The lowest BCUT2D eigenvalue weighted by Crippen LogP contribution is -2.30. The minimum Gasteiger partial charge on any atom is -0.390 e. The Balaban J connectivity index is 2.44. The van der Waals surface area contributed by atoms with Gasteiger partial charge in [0.1, 0.15) is 0 Å². The van der Waals surface area contributed by atoms with Gasteiger partial charge in [-0.3, -0.25) is 0 Å². The number of aromatic nitrogens is 1. The van der Waals surface area contributed by atoms with E-state index in [1.807, 2.05) is 12.3 Å². The third kappa shape index (κ3) is 4.28. The third-order valence-corrected chi connectivity index (χ3v) is 3.05. The molecule has 0 aliphatic heterocycles. The van der Waals surface area contributed by atoms with E-state index in [1.165, 1.54) is 0 Å². The highest BCUT2D eigenvalue weighted by atomic mass is 32.1. The Morgan fingerprint density at radius 3 is 2.87 bits per heavy atom. The molecule has 2 unspecified atom stereocenters. The lowest BCUT2D eigenvalue weighted by molar-refractivity contribution is -0.0363. The normalized spacial score (nSPS) is 15.1. The van der Waals surface area contributed by atoms with Crippen molar-refractivity contribution in [3.8, 4) is 0 Å². The zero-order valence-corrected chi connectivity index (χ0v) is 10.2. The highest BCUT2D eigenvalue weighted by Crippen LogP contribution is 2.14. The van der Waals surface area contributed by atoms with Crippen LogP contribution in [0.1, 0.15) is 31.7 Å². The van der Waals surface area contributed by atoms with Crippen molar-refractivity contribution in [2.24, 2.45) is 0 Å². The van der Waals surface area contributed by atoms with Crippen LogP contribution in [0.2, 0.25) is 0 Å². The fourth-order valence-corrected chi connectivity index (χ4v) is 2.22. The van der Waals surface area contributed by atoms with Crippen LogP contribution < -0.4 is 0 Å². The van der Waals surface area contributed by atoms with Crippen molar-refractivity contribution in [1.82, 2.24) is 4.98 Å². The van der Waals surface area contributed by atoms with Crippen molar-refractivity contribution in [3.63, 3.8) is 0 Å². The van der Waals surface area contributed by atoms with E-state index in [-0.39, 0.29) is 6.10 Å². The predicted octanol–water partition coefficient (Wildman–Crippen LogP) is 2.25. The number of ether oxygens (including phenoxy) is 1. The van der Waals surface area contributed by atoms with Gasteiger partial charge in [0.2, 0.25) is 0 Å². The monoisotopic (exact) mass is 229 g/mol. The molecule has 0 saturated heterocycles. The molecule has 2 atom stereocenters. The molecule has 0 fully saturated rings. The largest absolute Gasteiger partial charge is 0.390 e. The Morgan fingerprint density at radius 1 is 1.53 bits per heavy atom. The predicted molar refractivity (Wildman–Crippen MR) is 62.1 cm³/mol. The van der Waals surface area contributed by atoms with Crippen molar-refractivity contribution >= 4 is 11.3 Å². The molecule has 86 valence electrons. The second kappa shape index (κ2) is 6.93. The molecule has 1 heterocycles. The number of hydrogen-bond donors (Lipinski definition) is 1. The summed E-state index contributed by atoms with van der Waals surface area (Å²) in [5, 5.41) is 12.9. The van der Waals surface area contributed by atoms with Gasteiger partial charge in [0, 0.05) is 24.6 Å². The number of thiazole rings is 1. The highest BCUT2D eigenvalue weighted by Gasteiger charge is 2.19. The van der Waals surface area contributed by atoms with Crippen molar-refractivity contribution in [1.29, 1.82) is 0 Å². The molecule has 0 spiro atoms. The van der Waals surface area contributed by atoms with Gasteiger partial charge in [0.25, 0.3) is 0 Å². The standard InChI is InChI=1S/C11H19NO2S/c1-3-5-10(14-4-2)9(13)8-11-12-6-7-15-11/h6-7,9-10,13H,3-5,8H2,1-2H3. The van der Waals surface area contributed by atoms with Crippen LogP contribution in [0, 0.1) is 0 Å². The molecule has 0 saturated carbocycles. The zero-order chi connectivity index (χ0) is 11.1. The Bertz CT molecular complexity index is 245. The number of nitrogens with zero attached hydrogens (tertiary/aromatic N) is 1. The molecule has 0 radical (unpaired) electrons. The number of aliphatic hydroxyl groups excluding tert-OH is 1. The summed E-state index contributed by atoms with van der Waals surface area (Å²) >= 11 is 1.58. The summed E-state index contributed by atoms with van der Waals surface area (Å²) in [5.74, 6) is 0. The molecule has 0 aliphatic rings. The van der Waals surface area contributed by atoms with E-state index in [0.29, 0.717) is 13.0 Å². The van der Waals surface area contributed by atoms with Gasteiger partial charge < -0.3 is 9.84 Å². The molecule has 1 N–H and O–H groups in total. The minimum absolute atomic E-state index is 0.0519. The topological polar surface area (TPSA) is 42.4 Å². The molecular weight excluding hydrogens is 210 g/mol. The Labute approximate surface area is 95.1 Å². The van der Waals surface area contributed by atoms with Crippen LogP contribution in [0.3, 0.4) is 0 Å². The van der Waals surface area contributed by atoms with Crippen molar-refractivity contribution in [2.75, 3.05) is 6.61 Å². The first-order chi connectivity index (χ1) is 7.27. The minimum atomic E-state index is -0.434. The van der Waals surface area contributed by atoms with Gasteiger partial charge in [0.15, 0.2) is 0 Å². The van der Waals surface area contributed by atoms with E-state index < -0.39 is 6.10 Å². The fraction of sp³-hybridized carbons (Fsp3) is 0.727. The summed E-state index contributed by atoms with van der Waals surface area (Å²) < 4.78 is 5.52. The van der Waals surface area contributed by atoms with Gasteiger partial charge >= 0.3 is 0 Å². The van der Waals surface area contributed by atoms with E-state index in [4.69, 9.17) is 4.74 Å². The van der Waals surface area contributed by atoms with Gasteiger partial charge in [-0.2, -0.15) is 0 Å². The number of rotatable bonds is 7. The molecule has 1 rings (SSSR count). The second-order valence-corrected chi connectivity index (χ2v) is 4.46. The van der Waals surface area contributed by atoms with Gasteiger partial charge in [0.05, 0.1) is 17.2 Å². The Morgan fingerprint density at radius 2 is 2.33 bits per heavy atom. The van der Waals surface area contributed by atoms with Gasteiger partial charge in [-0.15, -0.1) is 11.3 Å². The van der Waals surface area contributed by atoms with Gasteiger partial charge in [-0.25, -0.2) is 4.98 Å². The molecule has 15 heavy (non-hydrogen) atoms. The van der Waals surface area contributed by atoms with Gasteiger partial charge in [-0.1, -0.05) is 13.3 Å². The maximum atomic E-state index is 9.98. The first kappa shape index (κ1) is 12.6. The number of hydrogen-bond acceptors (Lipinski definition) is 4. The van der Waals surface area contributed by atoms with Crippen molar-refractivity contribution in [2.45, 2.75) is 45.3 Å². The lowest BCUT2D eigenvalue weighted by atomic mass is 10.1. The molecule has 0 amide bonds. The average molecular weight is 229 g/mol. The maximum Gasteiger partial charge on any atom is 0.0951 e. The zero-order valence-electron chi connectivity index (χ0n) is 9.35. The van der Waals surface area contributed by atoms with Crippen LogP contribution in [0.5, 0.6) is 0 Å². The van der Waals surface area contributed by atoms with Crippen LogP contribution in [0.15, 0.2) is 11.6 Å². The smallest absolute Gasteiger partial charge is 0.0951 e. The molecule has 1 aromatic rings. The molecule has 4 heteroatoms. The summed E-state index contributed by atoms with van der Waals surface area (Å²) in [6.07, 6.45) is 3.81. The van der Waals surface area contributed by atoms with E-state index >= 15 is 0 Å². The summed E-state index contributed by atoms with van der Waals surface area (Å²) in [6.45, 7) is 4.71. The van der Waals surface area contributed by atoms with E-state index in [0.717, 1.165) is 17.8 Å². The third-order valence-electron chi connectivity index (χ3n) is 2.25. The van der Waals surface area contributed by atoms with Crippen LogP contribution in [0.4, 0.5) is 0 Å². The second-order valence-electron chi connectivity index (χ2n) is 3.48. The maximum absolute atomic E-state index is 9.98. The highest BCUT2D eigenvalue weighted by molar-refractivity contribution is 7.09. The number of aliphatic hydroxyl groups is 1. The summed E-state index contributed by atoms with van der Waals surface area (Å²) in [6, 6.07) is 0. The summed E-state index contributed by atoms with van der Waals surface area (Å²) in [5.41, 5.74) is 0. The molecule has 0 aromatic carbocycles. The molecule has 0 aliphatic carbocycles. The SMILES string of the molecule is CCCC(OCC)C(O)Cc1nccs1. The first-order valence-electron chi connectivity index (χ1n) is 5.46. The first-order valence-corrected chi connectivity index (χ1v) is 6.33. The molecule has 0 bridgehead atoms. The average Bonchev–Trinajstić information content (AvgIpc) is 2.70. The molecule has 1 aromatic heterocycles. The van der Waals surface area contributed by atoms with E-state index in [2.05, 4.69) is 11.9 Å². The van der Waals surface area contributed by atoms with Gasteiger partial charge in [-0.05, 0) is 13.3 Å². The van der Waals surface area contributed by atoms with Crippen LogP contribution in [-0.2, 0) is 11.2 Å². The van der Waals surface area contributed by atoms with Crippen molar-refractivity contribution in [3.05, 3.63) is 16.6 Å². The van der Waals surface area contributed by atoms with Crippen LogP contribution >= 0.6 is 11.3 Å². The van der Waals surface area contributed by atoms with E-state index in [1.54, 1.807) is 17.5 Å². The van der Waals surface area contributed by atoms with E-state index in [9.17, 15) is 5.11 Å². The van der Waals surface area contributed by atoms with Crippen molar-refractivity contribution < 1.29 is 9.84 Å². The summed E-state index contributed by atoms with van der Waals surface area (Å²) in [7, 11) is 0.